The molecule has 4 heteroatoms. The van der Waals surface area contributed by atoms with E-state index in [1.807, 2.05) is 0 Å². The van der Waals surface area contributed by atoms with Crippen molar-refractivity contribution in [3.05, 3.63) is 29.1 Å². The van der Waals surface area contributed by atoms with Crippen LogP contribution < -0.4 is 5.46 Å². The lowest BCUT2D eigenvalue weighted by Crippen LogP contribution is -2.06. The summed E-state index contributed by atoms with van der Waals surface area (Å²) in [5.74, 6) is -0.811. The van der Waals surface area contributed by atoms with Gasteiger partial charge in [0.1, 0.15) is 20.0 Å². The van der Waals surface area contributed by atoms with E-state index >= 15 is 0 Å². The number of benzene rings is 1. The zero-order chi connectivity index (χ0) is 9.14. The SMILES string of the molecule is [B]c1cc(C#N)c(F)c(C#N)c1. The van der Waals surface area contributed by atoms with Crippen LogP contribution in [0.15, 0.2) is 12.1 Å². The van der Waals surface area contributed by atoms with Crippen LogP contribution in [0, 0.1) is 28.5 Å². The van der Waals surface area contributed by atoms with E-state index in [4.69, 9.17) is 18.4 Å². The third-order valence-corrected chi connectivity index (χ3v) is 1.34. The average Bonchev–Trinajstić information content (AvgIpc) is 2.08. The molecular formula is C8H2BFN2. The zero-order valence-electron chi connectivity index (χ0n) is 6.00. The topological polar surface area (TPSA) is 47.6 Å². The van der Waals surface area contributed by atoms with Gasteiger partial charge in [0.25, 0.3) is 0 Å². The molecule has 0 amide bonds. The van der Waals surface area contributed by atoms with E-state index in [1.54, 1.807) is 12.1 Å². The minimum atomic E-state index is -0.811. The summed E-state index contributed by atoms with van der Waals surface area (Å²) in [6.45, 7) is 0. The Labute approximate surface area is 70.3 Å². The molecule has 12 heavy (non-hydrogen) atoms. The number of hydrogen-bond donors (Lipinski definition) is 0. The Morgan fingerprint density at radius 2 is 1.58 bits per heavy atom. The fourth-order valence-corrected chi connectivity index (χ4v) is 0.810. The maximum Gasteiger partial charge on any atom is 0.158 e. The molecule has 1 rings (SSSR count). The predicted molar refractivity (Wildman–Crippen MR) is 41.2 cm³/mol. The van der Waals surface area contributed by atoms with E-state index in [0.717, 1.165) is 0 Å². The summed E-state index contributed by atoms with van der Waals surface area (Å²) in [5, 5.41) is 16.8. The van der Waals surface area contributed by atoms with Gasteiger partial charge in [-0.2, -0.15) is 10.5 Å². The number of nitrogens with zero attached hydrogens (tertiary/aromatic N) is 2. The smallest absolute Gasteiger partial charge is 0.158 e. The van der Waals surface area contributed by atoms with Crippen LogP contribution in [0.4, 0.5) is 4.39 Å². The molecule has 0 heterocycles. The van der Waals surface area contributed by atoms with Gasteiger partial charge in [-0.25, -0.2) is 4.39 Å². The first kappa shape index (κ1) is 8.29. The first-order chi connectivity index (χ1) is 5.69. The maximum atomic E-state index is 13.0. The summed E-state index contributed by atoms with van der Waals surface area (Å²) in [6, 6.07) is 5.59. The second-order valence-electron chi connectivity index (χ2n) is 2.15. The Kier molecular flexibility index (Phi) is 2.12. The van der Waals surface area contributed by atoms with Crippen molar-refractivity contribution in [3.8, 4) is 12.1 Å². The van der Waals surface area contributed by atoms with Gasteiger partial charge in [0.05, 0.1) is 11.1 Å². The molecule has 0 saturated heterocycles. The van der Waals surface area contributed by atoms with Crippen LogP contribution in [-0.4, -0.2) is 7.85 Å². The molecule has 0 aliphatic carbocycles. The van der Waals surface area contributed by atoms with Gasteiger partial charge in [0.2, 0.25) is 0 Å². The van der Waals surface area contributed by atoms with E-state index in [1.165, 1.54) is 12.1 Å². The maximum absolute atomic E-state index is 13.0. The normalized spacial score (nSPS) is 8.58. The lowest BCUT2D eigenvalue weighted by molar-refractivity contribution is 0.620. The fourth-order valence-electron chi connectivity index (χ4n) is 0.810. The third kappa shape index (κ3) is 1.28. The quantitative estimate of drug-likeness (QED) is 0.509. The zero-order valence-corrected chi connectivity index (χ0v) is 6.00. The number of hydrogen-bond acceptors (Lipinski definition) is 2. The molecule has 0 aliphatic heterocycles. The molecule has 1 aromatic carbocycles. The fraction of sp³-hybridized carbons (Fsp3) is 0. The van der Waals surface area contributed by atoms with E-state index < -0.39 is 5.82 Å². The molecule has 1 aromatic rings. The lowest BCUT2D eigenvalue weighted by Gasteiger charge is -1.97. The molecule has 0 fully saturated rings. The van der Waals surface area contributed by atoms with Gasteiger partial charge < -0.3 is 0 Å². The van der Waals surface area contributed by atoms with Crippen molar-refractivity contribution >= 4 is 13.3 Å². The van der Waals surface area contributed by atoms with Crippen molar-refractivity contribution in [2.75, 3.05) is 0 Å². The molecule has 0 bridgehead atoms. The van der Waals surface area contributed by atoms with Crippen molar-refractivity contribution < 1.29 is 4.39 Å². The summed E-state index contributed by atoms with van der Waals surface area (Å²) in [4.78, 5) is 0. The van der Waals surface area contributed by atoms with Gasteiger partial charge in [0.15, 0.2) is 5.82 Å². The predicted octanol–water partition coefficient (Wildman–Crippen LogP) is 0.363. The molecule has 2 nitrogen and oxygen atoms in total. The highest BCUT2D eigenvalue weighted by Gasteiger charge is 2.07. The van der Waals surface area contributed by atoms with Gasteiger partial charge in [-0.3, -0.25) is 0 Å². The van der Waals surface area contributed by atoms with Crippen LogP contribution in [0.3, 0.4) is 0 Å². The monoisotopic (exact) mass is 156 g/mol. The molecule has 0 aromatic heterocycles. The Morgan fingerprint density at radius 3 is 1.92 bits per heavy atom. The minimum absolute atomic E-state index is 0.202. The summed E-state index contributed by atoms with van der Waals surface area (Å²) in [5.41, 5.74) is -0.192. The van der Waals surface area contributed by atoms with Crippen molar-refractivity contribution in [1.29, 1.82) is 10.5 Å². The Morgan fingerprint density at radius 1 is 1.17 bits per heavy atom. The van der Waals surface area contributed by atoms with Crippen LogP contribution in [0.1, 0.15) is 11.1 Å². The van der Waals surface area contributed by atoms with Crippen LogP contribution in [-0.2, 0) is 0 Å². The Bertz CT molecular complexity index is 365. The first-order valence-electron chi connectivity index (χ1n) is 3.08. The van der Waals surface area contributed by atoms with Gasteiger partial charge in [-0.1, -0.05) is 5.46 Å². The first-order valence-corrected chi connectivity index (χ1v) is 3.08. The van der Waals surface area contributed by atoms with Gasteiger partial charge in [-0.15, -0.1) is 0 Å². The average molecular weight is 156 g/mol. The summed E-state index contributed by atoms with van der Waals surface area (Å²) >= 11 is 0. The molecular weight excluding hydrogens is 154 g/mol. The summed E-state index contributed by atoms with van der Waals surface area (Å²) in [7, 11) is 5.31. The standard InChI is InChI=1S/C8H2BFN2/c9-7-1-5(3-11)8(10)6(2-7)4-12/h1-2H. The van der Waals surface area contributed by atoms with Gasteiger partial charge in [0, 0.05) is 0 Å². The molecule has 0 unspecified atom stereocenters. The van der Waals surface area contributed by atoms with Gasteiger partial charge in [-0.05, 0) is 12.1 Å². The van der Waals surface area contributed by atoms with Crippen LogP contribution >= 0.6 is 0 Å². The molecule has 0 aliphatic rings. The largest absolute Gasteiger partial charge is 0.204 e. The van der Waals surface area contributed by atoms with E-state index in [2.05, 4.69) is 0 Å². The van der Waals surface area contributed by atoms with Crippen molar-refractivity contribution in [3.63, 3.8) is 0 Å². The molecule has 2 radical (unpaired) electrons. The highest BCUT2D eigenvalue weighted by Crippen LogP contribution is 2.08. The molecule has 0 N–H and O–H groups in total. The van der Waals surface area contributed by atoms with Crippen molar-refractivity contribution in [2.24, 2.45) is 0 Å². The van der Waals surface area contributed by atoms with Gasteiger partial charge >= 0.3 is 0 Å². The summed E-state index contributed by atoms with van der Waals surface area (Å²) < 4.78 is 13.0. The second-order valence-corrected chi connectivity index (χ2v) is 2.15. The molecule has 0 atom stereocenters. The van der Waals surface area contributed by atoms with Crippen molar-refractivity contribution in [1.82, 2.24) is 0 Å². The highest BCUT2D eigenvalue weighted by atomic mass is 19.1. The van der Waals surface area contributed by atoms with E-state index in [9.17, 15) is 4.39 Å². The van der Waals surface area contributed by atoms with Crippen LogP contribution in [0.2, 0.25) is 0 Å². The minimum Gasteiger partial charge on any atom is -0.204 e. The van der Waals surface area contributed by atoms with Crippen LogP contribution in [0.5, 0.6) is 0 Å². The highest BCUT2D eigenvalue weighted by molar-refractivity contribution is 6.32. The molecule has 54 valence electrons. The number of halogens is 1. The molecule has 0 spiro atoms. The van der Waals surface area contributed by atoms with Crippen LogP contribution in [0.25, 0.3) is 0 Å². The van der Waals surface area contributed by atoms with Crippen molar-refractivity contribution in [2.45, 2.75) is 0 Å². The number of rotatable bonds is 0. The second kappa shape index (κ2) is 3.06. The lowest BCUT2D eigenvalue weighted by atomic mass is 9.92. The Balaban J connectivity index is 3.48. The Hall–Kier alpha value is -1.81. The van der Waals surface area contributed by atoms with E-state index in [-0.39, 0.29) is 16.6 Å². The van der Waals surface area contributed by atoms with E-state index in [0.29, 0.717) is 0 Å². The summed E-state index contributed by atoms with van der Waals surface area (Å²) in [6.07, 6.45) is 0. The molecule has 0 saturated carbocycles. The number of nitriles is 2. The third-order valence-electron chi connectivity index (χ3n) is 1.34.